The van der Waals surface area contributed by atoms with Crippen LogP contribution in [0.15, 0.2) is 54.6 Å². The third-order valence-electron chi connectivity index (χ3n) is 7.36. The molecule has 0 spiro atoms. The van der Waals surface area contributed by atoms with Crippen LogP contribution in [0.25, 0.3) is 11.1 Å². The number of piperidine rings is 1. The van der Waals surface area contributed by atoms with E-state index in [0.717, 1.165) is 16.7 Å². The molecule has 1 amide bonds. The second kappa shape index (κ2) is 11.0. The average molecular weight is 575 g/mol. The van der Waals surface area contributed by atoms with Gasteiger partial charge in [-0.3, -0.25) is 4.79 Å². The Morgan fingerprint density at radius 2 is 1.69 bits per heavy atom. The number of thiazole rings is 1. The molecule has 2 aliphatic rings. The summed E-state index contributed by atoms with van der Waals surface area (Å²) in [5.41, 5.74) is 4.77. The third kappa shape index (κ3) is 5.37. The van der Waals surface area contributed by atoms with Crippen LogP contribution < -0.4 is 10.2 Å². The Balaban J connectivity index is 0.00000308. The molecule has 7 nitrogen and oxygen atoms in total. The summed E-state index contributed by atoms with van der Waals surface area (Å²) in [5.74, 6) is -0.652. The van der Waals surface area contributed by atoms with Crippen LogP contribution >= 0.6 is 34.5 Å². The summed E-state index contributed by atoms with van der Waals surface area (Å²) in [6.45, 7) is 3.19. The molecule has 1 saturated heterocycles. The Hall–Kier alpha value is -2.73. The van der Waals surface area contributed by atoms with Crippen molar-refractivity contribution in [1.82, 2.24) is 15.3 Å². The van der Waals surface area contributed by atoms with Gasteiger partial charge in [-0.25, -0.2) is 9.78 Å². The van der Waals surface area contributed by atoms with Gasteiger partial charge < -0.3 is 20.3 Å². The number of aromatic amines is 1. The van der Waals surface area contributed by atoms with Crippen molar-refractivity contribution >= 4 is 70.4 Å². The van der Waals surface area contributed by atoms with Crippen molar-refractivity contribution < 1.29 is 14.7 Å². The summed E-state index contributed by atoms with van der Waals surface area (Å²) in [6, 6.07) is 18.3. The number of aryl methyl sites for hydroxylation is 1. The number of carboxylic acid groups (broad SMARTS) is 1. The number of rotatable bonds is 7. The number of halogens is 2. The molecule has 1 unspecified atom stereocenters. The fourth-order valence-corrected chi connectivity index (χ4v) is 6.60. The van der Waals surface area contributed by atoms with Crippen LogP contribution in [0.1, 0.15) is 37.1 Å². The van der Waals surface area contributed by atoms with Crippen LogP contribution in [0.3, 0.4) is 0 Å². The summed E-state index contributed by atoms with van der Waals surface area (Å²) in [7, 11) is 0. The van der Waals surface area contributed by atoms with Gasteiger partial charge in [0, 0.05) is 43.1 Å². The molecule has 1 saturated carbocycles. The zero-order valence-corrected chi connectivity index (χ0v) is 22.7. The average Bonchev–Trinajstić information content (AvgIpc) is 3.27. The van der Waals surface area contributed by atoms with Gasteiger partial charge in [0.1, 0.15) is 10.6 Å². The number of H-pyrrole nitrogens is 1. The minimum atomic E-state index is -0.962. The first-order chi connectivity index (χ1) is 18.3. The van der Waals surface area contributed by atoms with E-state index in [9.17, 15) is 14.7 Å². The Bertz CT molecular complexity index is 1530. The number of aromatic nitrogens is 2. The minimum absolute atomic E-state index is 0. The first-order valence-electron chi connectivity index (χ1n) is 12.3. The van der Waals surface area contributed by atoms with Crippen LogP contribution in [0.2, 0.25) is 10.0 Å². The van der Waals surface area contributed by atoms with Crippen LogP contribution in [0.4, 0.5) is 5.13 Å². The zero-order chi connectivity index (χ0) is 26.6. The summed E-state index contributed by atoms with van der Waals surface area (Å²) >= 11 is 13.5. The Morgan fingerprint density at radius 3 is 2.28 bits per heavy atom. The van der Waals surface area contributed by atoms with E-state index >= 15 is 0 Å². The number of carboxylic acids is 1. The molecule has 0 radical (unpaired) electrons. The second-order valence-corrected chi connectivity index (χ2v) is 11.5. The number of nitrogens with one attached hydrogen (secondary N) is 2. The number of carbonyl (C=O) groups excluding carboxylic acids is 1. The number of hydrogen-bond donors (Lipinski definition) is 3. The molecule has 39 heavy (non-hydrogen) atoms. The first-order valence-corrected chi connectivity index (χ1v) is 13.8. The third-order valence-corrected chi connectivity index (χ3v) is 9.45. The Labute approximate surface area is 251 Å². The van der Waals surface area contributed by atoms with Crippen LogP contribution in [0, 0.1) is 18.8 Å². The van der Waals surface area contributed by atoms with Crippen LogP contribution in [-0.4, -0.2) is 64.9 Å². The van der Waals surface area contributed by atoms with Gasteiger partial charge in [0.05, 0.1) is 15.7 Å². The number of benzene rings is 2. The zero-order valence-electron chi connectivity index (χ0n) is 20.4. The Kier molecular flexibility index (Phi) is 7.87. The van der Waals surface area contributed by atoms with Gasteiger partial charge in [-0.1, -0.05) is 89.1 Å². The molecular formula is C28H25Cl2LiN4O3S. The molecule has 0 bridgehead atoms. The van der Waals surface area contributed by atoms with E-state index in [-0.39, 0.29) is 58.2 Å². The number of amides is 1. The Morgan fingerprint density at radius 1 is 1.05 bits per heavy atom. The number of aromatic carboxylic acids is 1. The molecule has 2 aromatic carbocycles. The number of nitrogens with zero attached hydrogens (tertiary/aromatic N) is 2. The predicted molar refractivity (Wildman–Crippen MR) is 157 cm³/mol. The van der Waals surface area contributed by atoms with Crippen molar-refractivity contribution in [3.63, 3.8) is 0 Å². The number of anilines is 1. The van der Waals surface area contributed by atoms with Crippen molar-refractivity contribution in [2.75, 3.05) is 18.0 Å². The predicted octanol–water partition coefficient (Wildman–Crippen LogP) is 5.26. The molecule has 3 N–H and O–H groups in total. The summed E-state index contributed by atoms with van der Waals surface area (Å²) in [6.07, 6.45) is 0.450. The molecule has 3 heterocycles. The van der Waals surface area contributed by atoms with Crippen molar-refractivity contribution in [1.29, 1.82) is 0 Å². The summed E-state index contributed by atoms with van der Waals surface area (Å²) < 4.78 is 0. The van der Waals surface area contributed by atoms with E-state index in [1.807, 2.05) is 30.3 Å². The summed E-state index contributed by atoms with van der Waals surface area (Å²) in [4.78, 5) is 34.8. The van der Waals surface area contributed by atoms with E-state index in [2.05, 4.69) is 39.5 Å². The van der Waals surface area contributed by atoms with Crippen molar-refractivity contribution in [3.8, 4) is 11.1 Å². The molecule has 4 aromatic rings. The van der Waals surface area contributed by atoms with E-state index in [4.69, 9.17) is 28.2 Å². The molecule has 6 rings (SSSR count). The molecule has 3 atom stereocenters. The van der Waals surface area contributed by atoms with Gasteiger partial charge >= 0.3 is 24.8 Å². The van der Waals surface area contributed by atoms with E-state index in [1.165, 1.54) is 11.3 Å². The topological polar surface area (TPSA) is 98.3 Å². The molecule has 1 aliphatic heterocycles. The van der Waals surface area contributed by atoms with Gasteiger partial charge in [-0.15, -0.1) is 0 Å². The van der Waals surface area contributed by atoms with E-state index < -0.39 is 5.97 Å². The van der Waals surface area contributed by atoms with Gasteiger partial charge in [0.15, 0.2) is 5.13 Å². The molecule has 196 valence electrons. The second-order valence-electron chi connectivity index (χ2n) is 9.80. The number of carbonyl (C=O) groups is 2. The van der Waals surface area contributed by atoms with Gasteiger partial charge in [0.25, 0.3) is 5.91 Å². The van der Waals surface area contributed by atoms with Crippen LogP contribution in [-0.2, 0) is 6.42 Å². The SMILES string of the molecule is Cc1[nH]c(C(=O)NC2[C@H]3CN(c4nc(Cc5ccc(-c6ccccc6)cc5)c(C(=O)O)s4)C[C@@H]23)c(Cl)c1Cl.[LiH]. The standard InChI is InChI=1S/C28H24Cl2N4O3S.Li.H/c1-14-21(29)22(30)24(31-14)26(35)33-23-18-12-34(13-19(18)23)28-32-20(25(38-28)27(36)37)11-15-7-9-17(10-8-15)16-5-3-2-4-6-16;;/h2-10,18-19,23,31H,11-13H2,1H3,(H,33,35)(H,36,37);;/t18-,19+,23?;;. The fraction of sp³-hybridized carbons (Fsp3) is 0.250. The molecule has 2 aromatic heterocycles. The van der Waals surface area contributed by atoms with E-state index in [0.29, 0.717) is 41.1 Å². The number of fused-ring (bicyclic) bond motifs is 1. The maximum absolute atomic E-state index is 12.7. The fourth-order valence-electron chi connectivity index (χ4n) is 5.25. The normalized spacial score (nSPS) is 19.4. The van der Waals surface area contributed by atoms with Gasteiger partial charge in [-0.05, 0) is 23.6 Å². The first kappa shape index (κ1) is 27.8. The van der Waals surface area contributed by atoms with E-state index in [1.54, 1.807) is 6.92 Å². The van der Waals surface area contributed by atoms with Crippen molar-refractivity contribution in [2.24, 2.45) is 11.8 Å². The van der Waals surface area contributed by atoms with Gasteiger partial charge in [-0.2, -0.15) is 0 Å². The summed E-state index contributed by atoms with van der Waals surface area (Å²) in [5, 5.41) is 14.2. The van der Waals surface area contributed by atoms with Gasteiger partial charge in [0.2, 0.25) is 0 Å². The molecule has 11 heteroatoms. The number of hydrogen-bond acceptors (Lipinski definition) is 5. The molecule has 2 fully saturated rings. The monoisotopic (exact) mass is 574 g/mol. The van der Waals surface area contributed by atoms with Crippen molar-refractivity contribution in [2.45, 2.75) is 19.4 Å². The molecule has 1 aliphatic carbocycles. The van der Waals surface area contributed by atoms with Crippen molar-refractivity contribution in [3.05, 3.63) is 92.2 Å². The van der Waals surface area contributed by atoms with Crippen LogP contribution in [0.5, 0.6) is 0 Å². The molecular weight excluding hydrogens is 550 g/mol. The maximum atomic E-state index is 12.7. The quantitative estimate of drug-likeness (QED) is 0.261.